The predicted molar refractivity (Wildman–Crippen MR) is 127 cm³/mol. The predicted octanol–water partition coefficient (Wildman–Crippen LogP) is 6.36. The molecule has 0 aliphatic carbocycles. The number of benzene rings is 2. The third kappa shape index (κ3) is 4.85. The second-order valence-corrected chi connectivity index (χ2v) is 10.3. The third-order valence-electron chi connectivity index (χ3n) is 5.45. The Bertz CT molecular complexity index is 1040. The lowest BCUT2D eigenvalue weighted by molar-refractivity contribution is 0.0608. The average Bonchev–Trinajstić information content (AvgIpc) is 3.18. The monoisotopic (exact) mass is 455 g/mol. The highest BCUT2D eigenvalue weighted by Gasteiger charge is 2.26. The van der Waals surface area contributed by atoms with Gasteiger partial charge >= 0.3 is 0 Å². The SMILES string of the molecule is CCC1CCCCN1C(=O)c1ccc(-n2nc(SCc3ccccc3)sc2=S)cc1. The molecule has 1 fully saturated rings. The van der Waals surface area contributed by atoms with Crippen LogP contribution in [-0.2, 0) is 5.75 Å². The Morgan fingerprint density at radius 2 is 1.93 bits per heavy atom. The summed E-state index contributed by atoms with van der Waals surface area (Å²) in [5.41, 5.74) is 2.89. The number of thioether (sulfide) groups is 1. The molecule has 1 aromatic heterocycles. The van der Waals surface area contributed by atoms with Crippen molar-refractivity contribution in [1.29, 1.82) is 0 Å². The summed E-state index contributed by atoms with van der Waals surface area (Å²) >= 11 is 8.75. The van der Waals surface area contributed by atoms with Gasteiger partial charge in [-0.1, -0.05) is 60.4 Å². The lowest BCUT2D eigenvalue weighted by Gasteiger charge is -2.35. The first-order valence-corrected chi connectivity index (χ1v) is 12.5. The summed E-state index contributed by atoms with van der Waals surface area (Å²) in [7, 11) is 0. The number of carbonyl (C=O) groups is 1. The van der Waals surface area contributed by atoms with E-state index >= 15 is 0 Å². The fourth-order valence-corrected chi connectivity index (χ4v) is 6.12. The zero-order valence-corrected chi connectivity index (χ0v) is 19.4. The van der Waals surface area contributed by atoms with E-state index in [2.05, 4.69) is 24.2 Å². The number of piperidine rings is 1. The number of nitrogens with zero attached hydrogens (tertiary/aromatic N) is 3. The molecule has 0 spiro atoms. The number of carbonyl (C=O) groups excluding carboxylic acids is 1. The Morgan fingerprint density at radius 3 is 2.67 bits per heavy atom. The van der Waals surface area contributed by atoms with Gasteiger partial charge in [0.1, 0.15) is 0 Å². The molecule has 1 aliphatic heterocycles. The van der Waals surface area contributed by atoms with E-state index in [4.69, 9.17) is 12.2 Å². The van der Waals surface area contributed by atoms with Crippen molar-refractivity contribution < 1.29 is 4.79 Å². The van der Waals surface area contributed by atoms with Crippen LogP contribution in [0.1, 0.15) is 48.5 Å². The Kier molecular flexibility index (Phi) is 7.02. The van der Waals surface area contributed by atoms with Crippen LogP contribution in [0.3, 0.4) is 0 Å². The van der Waals surface area contributed by atoms with Gasteiger partial charge < -0.3 is 4.90 Å². The molecule has 1 unspecified atom stereocenters. The van der Waals surface area contributed by atoms with E-state index in [1.54, 1.807) is 16.4 Å². The molecule has 0 N–H and O–H groups in total. The van der Waals surface area contributed by atoms with Gasteiger partial charge in [0.05, 0.1) is 5.69 Å². The van der Waals surface area contributed by atoms with E-state index in [-0.39, 0.29) is 5.91 Å². The summed E-state index contributed by atoms with van der Waals surface area (Å²) in [5, 5.41) is 4.68. The largest absolute Gasteiger partial charge is 0.336 e. The topological polar surface area (TPSA) is 38.1 Å². The summed E-state index contributed by atoms with van der Waals surface area (Å²) in [4.78, 5) is 15.0. The average molecular weight is 456 g/mol. The van der Waals surface area contributed by atoms with Gasteiger partial charge in [0.2, 0.25) is 0 Å². The van der Waals surface area contributed by atoms with Crippen molar-refractivity contribution in [3.63, 3.8) is 0 Å². The van der Waals surface area contributed by atoms with Crippen molar-refractivity contribution in [2.24, 2.45) is 0 Å². The summed E-state index contributed by atoms with van der Waals surface area (Å²) < 4.78 is 3.45. The van der Waals surface area contributed by atoms with Crippen LogP contribution in [0.25, 0.3) is 5.69 Å². The van der Waals surface area contributed by atoms with Gasteiger partial charge in [-0.15, -0.1) is 5.10 Å². The van der Waals surface area contributed by atoms with Crippen LogP contribution in [-0.4, -0.2) is 33.2 Å². The van der Waals surface area contributed by atoms with Crippen LogP contribution in [0.2, 0.25) is 0 Å². The maximum atomic E-state index is 13.0. The minimum absolute atomic E-state index is 0.133. The zero-order chi connectivity index (χ0) is 20.9. The molecule has 30 heavy (non-hydrogen) atoms. The first-order valence-electron chi connectivity index (χ1n) is 10.3. The molecule has 1 aliphatic rings. The van der Waals surface area contributed by atoms with Crippen LogP contribution in [0.15, 0.2) is 58.9 Å². The Balaban J connectivity index is 1.47. The number of hydrogen-bond acceptors (Lipinski definition) is 5. The van der Waals surface area contributed by atoms with Gasteiger partial charge in [-0.3, -0.25) is 4.79 Å². The minimum Gasteiger partial charge on any atom is -0.336 e. The molecule has 1 amide bonds. The molecule has 4 rings (SSSR count). The molecule has 1 atom stereocenters. The third-order valence-corrected chi connectivity index (χ3v) is 7.89. The summed E-state index contributed by atoms with van der Waals surface area (Å²) in [6, 6.07) is 18.4. The van der Waals surface area contributed by atoms with Crippen LogP contribution in [0.4, 0.5) is 0 Å². The fourth-order valence-electron chi connectivity index (χ4n) is 3.81. The lowest BCUT2D eigenvalue weighted by Crippen LogP contribution is -2.43. The van der Waals surface area contributed by atoms with Gasteiger partial charge in [0, 0.05) is 23.9 Å². The summed E-state index contributed by atoms with van der Waals surface area (Å²) in [5.74, 6) is 0.999. The highest BCUT2D eigenvalue weighted by Crippen LogP contribution is 2.27. The smallest absolute Gasteiger partial charge is 0.254 e. The highest BCUT2D eigenvalue weighted by molar-refractivity contribution is 8.00. The van der Waals surface area contributed by atoms with Gasteiger partial charge in [0.25, 0.3) is 5.91 Å². The van der Waals surface area contributed by atoms with E-state index < -0.39 is 0 Å². The molecule has 2 heterocycles. The maximum Gasteiger partial charge on any atom is 0.254 e. The Morgan fingerprint density at radius 1 is 1.17 bits per heavy atom. The molecule has 4 nitrogen and oxygen atoms in total. The van der Waals surface area contributed by atoms with E-state index in [9.17, 15) is 4.79 Å². The minimum atomic E-state index is 0.133. The van der Waals surface area contributed by atoms with E-state index in [1.807, 2.05) is 47.4 Å². The van der Waals surface area contributed by atoms with Gasteiger partial charge in [-0.25, -0.2) is 4.68 Å². The van der Waals surface area contributed by atoms with Crippen molar-refractivity contribution in [1.82, 2.24) is 14.7 Å². The van der Waals surface area contributed by atoms with Crippen molar-refractivity contribution in [2.45, 2.75) is 48.7 Å². The van der Waals surface area contributed by atoms with E-state index in [0.29, 0.717) is 10.00 Å². The molecule has 3 aromatic rings. The first-order chi connectivity index (χ1) is 14.7. The first kappa shape index (κ1) is 21.3. The fraction of sp³-hybridized carbons (Fsp3) is 0.348. The van der Waals surface area contributed by atoms with Crippen LogP contribution in [0.5, 0.6) is 0 Å². The van der Waals surface area contributed by atoms with E-state index in [1.165, 1.54) is 23.3 Å². The van der Waals surface area contributed by atoms with Crippen LogP contribution < -0.4 is 0 Å². The molecule has 0 bridgehead atoms. The molecule has 0 radical (unpaired) electrons. The van der Waals surface area contributed by atoms with Crippen molar-refractivity contribution in [3.05, 3.63) is 69.7 Å². The second-order valence-electron chi connectivity index (χ2n) is 7.42. The number of amides is 1. The Labute approximate surface area is 190 Å². The lowest BCUT2D eigenvalue weighted by atomic mass is 9.99. The quantitative estimate of drug-likeness (QED) is 0.320. The normalized spacial score (nSPS) is 16.6. The van der Waals surface area contributed by atoms with Gasteiger partial charge in [-0.05, 0) is 67.7 Å². The summed E-state index contributed by atoms with van der Waals surface area (Å²) in [6.07, 6.45) is 4.44. The molecule has 0 saturated carbocycles. The van der Waals surface area contributed by atoms with Crippen molar-refractivity contribution >= 4 is 41.2 Å². The molecule has 2 aromatic carbocycles. The Hall–Kier alpha value is -1.96. The molecular formula is C23H25N3OS3. The van der Waals surface area contributed by atoms with Gasteiger partial charge in [0.15, 0.2) is 8.29 Å². The molecule has 7 heteroatoms. The van der Waals surface area contributed by atoms with Crippen molar-refractivity contribution in [3.8, 4) is 5.69 Å². The summed E-state index contributed by atoms with van der Waals surface area (Å²) in [6.45, 7) is 3.02. The molecule has 156 valence electrons. The maximum absolute atomic E-state index is 13.0. The zero-order valence-electron chi connectivity index (χ0n) is 17.0. The second kappa shape index (κ2) is 9.90. The number of rotatable bonds is 6. The highest BCUT2D eigenvalue weighted by atomic mass is 32.2. The van der Waals surface area contributed by atoms with E-state index in [0.717, 1.165) is 47.2 Å². The molecular weight excluding hydrogens is 430 g/mol. The van der Waals surface area contributed by atoms with Crippen LogP contribution in [0, 0.1) is 3.95 Å². The molecule has 1 saturated heterocycles. The number of aromatic nitrogens is 2. The number of hydrogen-bond donors (Lipinski definition) is 0. The van der Waals surface area contributed by atoms with Gasteiger partial charge in [-0.2, -0.15) is 0 Å². The van der Waals surface area contributed by atoms with Crippen molar-refractivity contribution in [2.75, 3.05) is 6.54 Å². The van der Waals surface area contributed by atoms with Crippen LogP contribution >= 0.6 is 35.3 Å². The number of likely N-dealkylation sites (tertiary alicyclic amines) is 1. The standard InChI is InChI=1S/C23H25N3OS3/c1-2-19-10-6-7-15-25(19)21(27)18-11-13-20(14-12-18)26-23(28)30-22(24-26)29-16-17-8-4-3-5-9-17/h3-5,8-9,11-14,19H,2,6-7,10,15-16H2,1H3.